The maximum Gasteiger partial charge on any atom is 0.183 e. The summed E-state index contributed by atoms with van der Waals surface area (Å²) in [7, 11) is 0. The van der Waals surface area contributed by atoms with Gasteiger partial charge in [-0.25, -0.2) is 0 Å². The fourth-order valence-corrected chi connectivity index (χ4v) is 1.43. The summed E-state index contributed by atoms with van der Waals surface area (Å²) in [6.07, 6.45) is 0.139. The van der Waals surface area contributed by atoms with Crippen molar-refractivity contribution >= 4 is 0 Å². The minimum absolute atomic E-state index is 0.300. The standard InChI is InChI=1S/C13H17NO2/c1-3-15-13(16-4-2)12-7-5-11(6-8-12)9-10-14/h5-8,13H,3-4,9H2,1-2H3. The average molecular weight is 219 g/mol. The highest BCUT2D eigenvalue weighted by Crippen LogP contribution is 2.19. The number of nitrogens with zero attached hydrogens (tertiary/aromatic N) is 1. The van der Waals surface area contributed by atoms with Gasteiger partial charge in [-0.15, -0.1) is 0 Å². The van der Waals surface area contributed by atoms with Crippen molar-refractivity contribution in [2.45, 2.75) is 26.6 Å². The van der Waals surface area contributed by atoms with Crippen LogP contribution in [0.15, 0.2) is 24.3 Å². The van der Waals surface area contributed by atoms with E-state index in [1.165, 1.54) is 0 Å². The van der Waals surface area contributed by atoms with E-state index in [0.717, 1.165) is 11.1 Å². The van der Waals surface area contributed by atoms with E-state index >= 15 is 0 Å². The molecule has 0 spiro atoms. The molecule has 0 bridgehead atoms. The molecule has 1 rings (SSSR count). The first kappa shape index (κ1) is 12.7. The van der Waals surface area contributed by atoms with Crippen molar-refractivity contribution in [3.63, 3.8) is 0 Å². The molecule has 0 aromatic heterocycles. The normalized spacial score (nSPS) is 10.4. The zero-order valence-electron chi connectivity index (χ0n) is 9.77. The quantitative estimate of drug-likeness (QED) is 0.691. The molecule has 3 nitrogen and oxygen atoms in total. The highest BCUT2D eigenvalue weighted by atomic mass is 16.7. The first-order valence-corrected chi connectivity index (χ1v) is 5.50. The van der Waals surface area contributed by atoms with Crippen molar-refractivity contribution in [1.82, 2.24) is 0 Å². The molecule has 0 saturated carbocycles. The molecule has 0 aliphatic rings. The molecule has 3 heteroatoms. The van der Waals surface area contributed by atoms with Crippen LogP contribution in [0.5, 0.6) is 0 Å². The zero-order chi connectivity index (χ0) is 11.8. The molecule has 0 saturated heterocycles. The lowest BCUT2D eigenvalue weighted by Crippen LogP contribution is -2.08. The molecule has 0 heterocycles. The van der Waals surface area contributed by atoms with Gasteiger partial charge in [-0.1, -0.05) is 24.3 Å². The fraction of sp³-hybridized carbons (Fsp3) is 0.462. The van der Waals surface area contributed by atoms with Crippen LogP contribution >= 0.6 is 0 Å². The molecule has 0 atom stereocenters. The average Bonchev–Trinajstić information content (AvgIpc) is 2.30. The van der Waals surface area contributed by atoms with Crippen molar-refractivity contribution < 1.29 is 9.47 Å². The molecule has 0 radical (unpaired) electrons. The van der Waals surface area contributed by atoms with Crippen molar-refractivity contribution in [1.29, 1.82) is 5.26 Å². The molecular weight excluding hydrogens is 202 g/mol. The molecule has 1 aromatic rings. The van der Waals surface area contributed by atoms with Gasteiger partial charge in [-0.2, -0.15) is 5.26 Å². The Morgan fingerprint density at radius 1 is 1.12 bits per heavy atom. The molecule has 0 N–H and O–H groups in total. The topological polar surface area (TPSA) is 42.2 Å². The Morgan fingerprint density at radius 2 is 1.69 bits per heavy atom. The van der Waals surface area contributed by atoms with Gasteiger partial charge in [0.1, 0.15) is 0 Å². The molecule has 0 aliphatic heterocycles. The maximum atomic E-state index is 8.57. The lowest BCUT2D eigenvalue weighted by atomic mass is 10.1. The van der Waals surface area contributed by atoms with Crippen LogP contribution in [0.25, 0.3) is 0 Å². The second-order valence-electron chi connectivity index (χ2n) is 3.32. The third kappa shape index (κ3) is 3.65. The van der Waals surface area contributed by atoms with E-state index in [9.17, 15) is 0 Å². The predicted molar refractivity (Wildman–Crippen MR) is 61.8 cm³/mol. The highest BCUT2D eigenvalue weighted by molar-refractivity contribution is 5.25. The lowest BCUT2D eigenvalue weighted by molar-refractivity contribution is -0.140. The summed E-state index contributed by atoms with van der Waals surface area (Å²) in [5, 5.41) is 8.57. The number of benzene rings is 1. The van der Waals surface area contributed by atoms with Gasteiger partial charge in [0, 0.05) is 18.8 Å². The number of nitriles is 1. The summed E-state index contributed by atoms with van der Waals surface area (Å²) in [6.45, 7) is 5.11. The summed E-state index contributed by atoms with van der Waals surface area (Å²) in [5.41, 5.74) is 2.00. The van der Waals surface area contributed by atoms with Crippen molar-refractivity contribution in [3.05, 3.63) is 35.4 Å². The van der Waals surface area contributed by atoms with E-state index in [2.05, 4.69) is 6.07 Å². The second kappa shape index (κ2) is 7.00. The number of hydrogen-bond acceptors (Lipinski definition) is 3. The third-order valence-corrected chi connectivity index (χ3v) is 2.17. The summed E-state index contributed by atoms with van der Waals surface area (Å²) in [5.74, 6) is 0. The van der Waals surface area contributed by atoms with Crippen LogP contribution in [0.4, 0.5) is 0 Å². The van der Waals surface area contributed by atoms with Crippen LogP contribution in [-0.4, -0.2) is 13.2 Å². The fourth-order valence-electron chi connectivity index (χ4n) is 1.43. The Hall–Kier alpha value is -1.37. The maximum absolute atomic E-state index is 8.57. The molecule has 16 heavy (non-hydrogen) atoms. The smallest absolute Gasteiger partial charge is 0.183 e. The largest absolute Gasteiger partial charge is 0.349 e. The highest BCUT2D eigenvalue weighted by Gasteiger charge is 2.10. The molecule has 86 valence electrons. The Bertz CT molecular complexity index is 334. The van der Waals surface area contributed by atoms with Gasteiger partial charge in [0.25, 0.3) is 0 Å². The first-order chi connectivity index (χ1) is 7.81. The van der Waals surface area contributed by atoms with Crippen LogP contribution in [0.3, 0.4) is 0 Å². The van der Waals surface area contributed by atoms with Crippen LogP contribution in [-0.2, 0) is 15.9 Å². The van der Waals surface area contributed by atoms with Gasteiger partial charge in [0.15, 0.2) is 6.29 Å². The summed E-state index contributed by atoms with van der Waals surface area (Å²) in [6, 6.07) is 9.88. The van der Waals surface area contributed by atoms with E-state index in [1.54, 1.807) is 0 Å². The summed E-state index contributed by atoms with van der Waals surface area (Å²) >= 11 is 0. The summed E-state index contributed by atoms with van der Waals surface area (Å²) < 4.78 is 11.0. The predicted octanol–water partition coefficient (Wildman–Crippen LogP) is 2.82. The lowest BCUT2D eigenvalue weighted by Gasteiger charge is -2.17. The van der Waals surface area contributed by atoms with E-state index in [-0.39, 0.29) is 6.29 Å². The molecule has 0 aliphatic carbocycles. The van der Waals surface area contributed by atoms with Crippen LogP contribution in [0.2, 0.25) is 0 Å². The van der Waals surface area contributed by atoms with Gasteiger partial charge >= 0.3 is 0 Å². The van der Waals surface area contributed by atoms with E-state index in [1.807, 2.05) is 38.1 Å². The number of hydrogen-bond donors (Lipinski definition) is 0. The Labute approximate surface area is 96.6 Å². The Balaban J connectivity index is 2.73. The minimum atomic E-state index is -0.300. The zero-order valence-corrected chi connectivity index (χ0v) is 9.77. The summed E-state index contributed by atoms with van der Waals surface area (Å²) in [4.78, 5) is 0. The molecular formula is C13H17NO2. The third-order valence-electron chi connectivity index (χ3n) is 2.17. The van der Waals surface area contributed by atoms with Gasteiger partial charge < -0.3 is 9.47 Å². The first-order valence-electron chi connectivity index (χ1n) is 5.50. The van der Waals surface area contributed by atoms with Gasteiger partial charge in [0.05, 0.1) is 12.5 Å². The van der Waals surface area contributed by atoms with Crippen LogP contribution < -0.4 is 0 Å². The van der Waals surface area contributed by atoms with E-state index < -0.39 is 0 Å². The molecule has 0 fully saturated rings. The Kier molecular flexibility index (Phi) is 5.55. The molecule has 1 aromatic carbocycles. The SMILES string of the molecule is CCOC(OCC)c1ccc(CC#N)cc1. The number of ether oxygens (including phenoxy) is 2. The molecule has 0 amide bonds. The minimum Gasteiger partial charge on any atom is -0.349 e. The number of rotatable bonds is 6. The monoisotopic (exact) mass is 219 g/mol. The van der Waals surface area contributed by atoms with Gasteiger partial charge in [0.2, 0.25) is 0 Å². The van der Waals surface area contributed by atoms with Gasteiger partial charge in [-0.3, -0.25) is 0 Å². The van der Waals surface area contributed by atoms with Crippen LogP contribution in [0, 0.1) is 11.3 Å². The van der Waals surface area contributed by atoms with Gasteiger partial charge in [-0.05, 0) is 19.4 Å². The van der Waals surface area contributed by atoms with Crippen molar-refractivity contribution in [2.75, 3.05) is 13.2 Å². The van der Waals surface area contributed by atoms with Crippen molar-refractivity contribution in [3.8, 4) is 6.07 Å². The molecule has 0 unspecified atom stereocenters. The van der Waals surface area contributed by atoms with Crippen molar-refractivity contribution in [2.24, 2.45) is 0 Å². The Morgan fingerprint density at radius 3 is 2.12 bits per heavy atom. The second-order valence-corrected chi connectivity index (χ2v) is 3.32. The van der Waals surface area contributed by atoms with Crippen LogP contribution in [0.1, 0.15) is 31.3 Å². The van der Waals surface area contributed by atoms with E-state index in [4.69, 9.17) is 14.7 Å². The van der Waals surface area contributed by atoms with E-state index in [0.29, 0.717) is 19.6 Å².